The number of nitrogens with zero attached hydrogens (tertiary/aromatic N) is 2. The molecular formula is C23H24N2O4. The van der Waals surface area contributed by atoms with Crippen LogP contribution in [0.25, 0.3) is 0 Å². The summed E-state index contributed by atoms with van der Waals surface area (Å²) >= 11 is 0. The monoisotopic (exact) mass is 392 g/mol. The molecule has 0 bridgehead atoms. The fourth-order valence-electron chi connectivity index (χ4n) is 2.83. The first-order valence-corrected chi connectivity index (χ1v) is 9.21. The van der Waals surface area contributed by atoms with E-state index in [1.807, 2.05) is 54.6 Å². The Morgan fingerprint density at radius 2 is 1.52 bits per heavy atom. The third-order valence-corrected chi connectivity index (χ3v) is 4.41. The molecule has 6 heteroatoms. The summed E-state index contributed by atoms with van der Waals surface area (Å²) in [6, 6.07) is 17.3. The summed E-state index contributed by atoms with van der Waals surface area (Å²) in [5, 5.41) is 4.41. The number of ether oxygens (including phenoxy) is 3. The molecule has 0 saturated carbocycles. The van der Waals surface area contributed by atoms with Gasteiger partial charge >= 0.3 is 0 Å². The van der Waals surface area contributed by atoms with Gasteiger partial charge in [0.05, 0.1) is 21.3 Å². The van der Waals surface area contributed by atoms with Gasteiger partial charge < -0.3 is 19.0 Å². The predicted octanol–water partition coefficient (Wildman–Crippen LogP) is 4.12. The lowest BCUT2D eigenvalue weighted by molar-refractivity contribution is 0.148. The van der Waals surface area contributed by atoms with E-state index in [-0.39, 0.29) is 0 Å². The first-order valence-electron chi connectivity index (χ1n) is 9.21. The fraction of sp³-hybridized carbons (Fsp3) is 0.217. The van der Waals surface area contributed by atoms with E-state index in [0.717, 1.165) is 28.9 Å². The zero-order valence-electron chi connectivity index (χ0n) is 16.8. The van der Waals surface area contributed by atoms with Crippen LogP contribution in [0.4, 0.5) is 0 Å². The Kier molecular flexibility index (Phi) is 7.05. The van der Waals surface area contributed by atoms with Crippen LogP contribution < -0.4 is 14.2 Å². The van der Waals surface area contributed by atoms with Crippen molar-refractivity contribution in [3.8, 4) is 17.2 Å². The van der Waals surface area contributed by atoms with Crippen LogP contribution in [0.1, 0.15) is 16.7 Å². The van der Waals surface area contributed by atoms with Gasteiger partial charge in [-0.15, -0.1) is 0 Å². The molecule has 0 aliphatic rings. The lowest BCUT2D eigenvalue weighted by Crippen LogP contribution is -2.06. The van der Waals surface area contributed by atoms with Crippen molar-refractivity contribution in [2.24, 2.45) is 5.16 Å². The first kappa shape index (κ1) is 20.2. The first-order chi connectivity index (χ1) is 14.2. The van der Waals surface area contributed by atoms with E-state index in [1.165, 1.54) is 0 Å². The van der Waals surface area contributed by atoms with Gasteiger partial charge in [0.25, 0.3) is 0 Å². The molecule has 2 aromatic carbocycles. The number of hydrogen-bond donors (Lipinski definition) is 0. The Morgan fingerprint density at radius 3 is 2.17 bits per heavy atom. The summed E-state index contributed by atoms with van der Waals surface area (Å²) in [6.07, 6.45) is 4.19. The van der Waals surface area contributed by atoms with Crippen LogP contribution in [-0.2, 0) is 11.3 Å². The SMILES string of the molecule is COc1ccc(CCON=C(c2ccncc2)c2ccc(OC)c(OC)c2)cc1. The third kappa shape index (κ3) is 5.25. The summed E-state index contributed by atoms with van der Waals surface area (Å²) in [6.45, 7) is 0.453. The van der Waals surface area contributed by atoms with Crippen molar-refractivity contribution in [3.05, 3.63) is 83.7 Å². The Morgan fingerprint density at radius 1 is 0.793 bits per heavy atom. The number of rotatable bonds is 9. The largest absolute Gasteiger partial charge is 0.497 e. The molecule has 0 saturated heterocycles. The smallest absolute Gasteiger partial charge is 0.161 e. The number of aromatic nitrogens is 1. The van der Waals surface area contributed by atoms with Crippen LogP contribution in [0.15, 0.2) is 72.1 Å². The van der Waals surface area contributed by atoms with Crippen LogP contribution in [0.2, 0.25) is 0 Å². The number of oxime groups is 1. The number of pyridine rings is 1. The zero-order chi connectivity index (χ0) is 20.5. The molecule has 0 atom stereocenters. The minimum absolute atomic E-state index is 0.453. The van der Waals surface area contributed by atoms with Crippen LogP contribution >= 0.6 is 0 Å². The molecule has 0 spiro atoms. The summed E-state index contributed by atoms with van der Waals surface area (Å²) in [5.74, 6) is 2.12. The van der Waals surface area contributed by atoms with Gasteiger partial charge in [-0.2, -0.15) is 0 Å². The second-order valence-electron chi connectivity index (χ2n) is 6.18. The topological polar surface area (TPSA) is 62.2 Å². The van der Waals surface area contributed by atoms with Crippen LogP contribution in [0.5, 0.6) is 17.2 Å². The van der Waals surface area contributed by atoms with Crippen LogP contribution in [0, 0.1) is 0 Å². The predicted molar refractivity (Wildman–Crippen MR) is 112 cm³/mol. The molecule has 0 aliphatic heterocycles. The molecular weight excluding hydrogens is 368 g/mol. The number of benzene rings is 2. The van der Waals surface area contributed by atoms with Gasteiger partial charge in [-0.1, -0.05) is 17.3 Å². The average molecular weight is 392 g/mol. The fourth-order valence-corrected chi connectivity index (χ4v) is 2.83. The van der Waals surface area contributed by atoms with Crippen molar-refractivity contribution in [1.29, 1.82) is 0 Å². The van der Waals surface area contributed by atoms with E-state index in [2.05, 4.69) is 10.1 Å². The van der Waals surface area contributed by atoms with Crippen molar-refractivity contribution >= 4 is 5.71 Å². The van der Waals surface area contributed by atoms with E-state index in [1.54, 1.807) is 33.7 Å². The molecule has 6 nitrogen and oxygen atoms in total. The van der Waals surface area contributed by atoms with Gasteiger partial charge in [0.15, 0.2) is 11.5 Å². The minimum Gasteiger partial charge on any atom is -0.497 e. The Labute approximate surface area is 170 Å². The summed E-state index contributed by atoms with van der Waals surface area (Å²) in [4.78, 5) is 9.74. The van der Waals surface area contributed by atoms with Crippen molar-refractivity contribution < 1.29 is 19.0 Å². The van der Waals surface area contributed by atoms with Gasteiger partial charge in [-0.25, -0.2) is 0 Å². The number of methoxy groups -OCH3 is 3. The molecule has 0 amide bonds. The molecule has 0 aliphatic carbocycles. The van der Waals surface area contributed by atoms with Gasteiger partial charge in [0.1, 0.15) is 18.1 Å². The van der Waals surface area contributed by atoms with Crippen molar-refractivity contribution in [1.82, 2.24) is 4.98 Å². The lowest BCUT2D eigenvalue weighted by Gasteiger charge is -2.12. The molecule has 3 rings (SSSR count). The second kappa shape index (κ2) is 10.1. The van der Waals surface area contributed by atoms with Crippen LogP contribution in [0.3, 0.4) is 0 Å². The highest BCUT2D eigenvalue weighted by Gasteiger charge is 2.12. The molecule has 29 heavy (non-hydrogen) atoms. The maximum atomic E-state index is 5.66. The highest BCUT2D eigenvalue weighted by Crippen LogP contribution is 2.28. The van der Waals surface area contributed by atoms with Crippen molar-refractivity contribution in [3.63, 3.8) is 0 Å². The molecule has 0 unspecified atom stereocenters. The molecule has 150 valence electrons. The number of hydrogen-bond acceptors (Lipinski definition) is 6. The van der Waals surface area contributed by atoms with E-state index in [0.29, 0.717) is 23.8 Å². The van der Waals surface area contributed by atoms with Crippen LogP contribution in [-0.4, -0.2) is 38.6 Å². The maximum absolute atomic E-state index is 5.66. The van der Waals surface area contributed by atoms with Gasteiger partial charge in [0.2, 0.25) is 0 Å². The molecule has 0 radical (unpaired) electrons. The quantitative estimate of drug-likeness (QED) is 0.311. The van der Waals surface area contributed by atoms with Crippen molar-refractivity contribution in [2.45, 2.75) is 6.42 Å². The van der Waals surface area contributed by atoms with E-state index < -0.39 is 0 Å². The highest BCUT2D eigenvalue weighted by molar-refractivity contribution is 6.12. The molecule has 3 aromatic rings. The lowest BCUT2D eigenvalue weighted by atomic mass is 10.0. The normalized spacial score (nSPS) is 11.1. The van der Waals surface area contributed by atoms with Gasteiger partial charge in [-0.05, 0) is 48.0 Å². The standard InChI is InChI=1S/C23H24N2O4/c1-26-20-7-4-17(5-8-20)12-15-29-25-23(18-10-13-24-14-11-18)19-6-9-21(27-2)22(16-19)28-3/h4-11,13-14,16H,12,15H2,1-3H3. The Balaban J connectivity index is 1.78. The van der Waals surface area contributed by atoms with E-state index >= 15 is 0 Å². The summed E-state index contributed by atoms with van der Waals surface area (Å²) in [7, 11) is 4.87. The summed E-state index contributed by atoms with van der Waals surface area (Å²) < 4.78 is 15.9. The zero-order valence-corrected chi connectivity index (χ0v) is 16.8. The highest BCUT2D eigenvalue weighted by atomic mass is 16.6. The molecule has 0 fully saturated rings. The summed E-state index contributed by atoms with van der Waals surface area (Å²) in [5.41, 5.74) is 3.61. The van der Waals surface area contributed by atoms with E-state index in [9.17, 15) is 0 Å². The molecule has 1 heterocycles. The van der Waals surface area contributed by atoms with Crippen molar-refractivity contribution in [2.75, 3.05) is 27.9 Å². The minimum atomic E-state index is 0.453. The maximum Gasteiger partial charge on any atom is 0.161 e. The second-order valence-corrected chi connectivity index (χ2v) is 6.18. The van der Waals surface area contributed by atoms with E-state index in [4.69, 9.17) is 19.0 Å². The average Bonchev–Trinajstić information content (AvgIpc) is 2.79. The molecule has 1 aromatic heterocycles. The van der Waals surface area contributed by atoms with Gasteiger partial charge in [0, 0.05) is 29.9 Å². The van der Waals surface area contributed by atoms with Gasteiger partial charge in [-0.3, -0.25) is 4.98 Å². The molecule has 0 N–H and O–H groups in total. The Hall–Kier alpha value is -3.54. The Bertz CT molecular complexity index is 941. The third-order valence-electron chi connectivity index (χ3n) is 4.41.